The number of hydrogen-bond donors (Lipinski definition) is 1. The third-order valence-corrected chi connectivity index (χ3v) is 6.13. The molecule has 0 saturated heterocycles. The third kappa shape index (κ3) is 1.84. The summed E-state index contributed by atoms with van der Waals surface area (Å²) in [6.45, 7) is 0. The van der Waals surface area contributed by atoms with Crippen LogP contribution in [0.4, 0.5) is 5.69 Å². The van der Waals surface area contributed by atoms with Crippen LogP contribution in [-0.2, 0) is 5.54 Å². The molecule has 0 spiro atoms. The molecule has 1 heteroatoms. The van der Waals surface area contributed by atoms with E-state index in [1.165, 1.54) is 33.4 Å². The summed E-state index contributed by atoms with van der Waals surface area (Å²) in [5, 5.41) is 3.95. The van der Waals surface area contributed by atoms with Crippen molar-refractivity contribution in [2.45, 2.75) is 11.5 Å². The van der Waals surface area contributed by atoms with Gasteiger partial charge in [0.1, 0.15) is 5.54 Å². The van der Waals surface area contributed by atoms with Gasteiger partial charge in [-0.15, -0.1) is 0 Å². The van der Waals surface area contributed by atoms with E-state index in [1.54, 1.807) is 0 Å². The molecular weight excluding hydrogens is 326 g/mol. The zero-order valence-corrected chi connectivity index (χ0v) is 14.9. The average Bonchev–Trinajstić information content (AvgIpc) is 2.75. The van der Waals surface area contributed by atoms with Gasteiger partial charge in [0.2, 0.25) is 0 Å². The average molecular weight is 345 g/mol. The van der Waals surface area contributed by atoms with E-state index in [4.69, 9.17) is 0 Å². The van der Waals surface area contributed by atoms with Crippen LogP contribution in [0.25, 0.3) is 0 Å². The molecule has 0 amide bonds. The minimum Gasteiger partial charge on any atom is -0.368 e. The number of para-hydroxylation sites is 1. The predicted octanol–water partition coefficient (Wildman–Crippen LogP) is 5.90. The van der Waals surface area contributed by atoms with Crippen molar-refractivity contribution in [1.29, 1.82) is 0 Å². The van der Waals surface area contributed by atoms with Crippen LogP contribution in [0.1, 0.15) is 39.3 Å². The molecule has 0 saturated carbocycles. The lowest BCUT2D eigenvalue weighted by Crippen LogP contribution is -2.47. The minimum atomic E-state index is -0.361. The summed E-state index contributed by atoms with van der Waals surface area (Å²) in [5.74, 6) is 0.313. The molecule has 3 aliphatic carbocycles. The molecule has 4 aromatic carbocycles. The van der Waals surface area contributed by atoms with E-state index in [-0.39, 0.29) is 5.54 Å². The van der Waals surface area contributed by atoms with Crippen molar-refractivity contribution in [3.63, 3.8) is 0 Å². The highest BCUT2D eigenvalue weighted by Crippen LogP contribution is 2.58. The van der Waals surface area contributed by atoms with Crippen molar-refractivity contribution in [2.75, 3.05) is 5.32 Å². The Morgan fingerprint density at radius 1 is 0.481 bits per heavy atom. The van der Waals surface area contributed by atoms with Crippen LogP contribution in [0.15, 0.2) is 103 Å². The summed E-state index contributed by atoms with van der Waals surface area (Å²) >= 11 is 0. The second kappa shape index (κ2) is 5.34. The second-order valence-electron chi connectivity index (χ2n) is 7.44. The molecule has 27 heavy (non-hydrogen) atoms. The molecule has 4 aromatic rings. The molecule has 7 rings (SSSR count). The van der Waals surface area contributed by atoms with Gasteiger partial charge in [-0.25, -0.2) is 0 Å². The largest absolute Gasteiger partial charge is 0.368 e. The van der Waals surface area contributed by atoms with Crippen molar-refractivity contribution in [2.24, 2.45) is 0 Å². The smallest absolute Gasteiger partial charge is 0.115 e. The quantitative estimate of drug-likeness (QED) is 0.477. The molecule has 1 N–H and O–H groups in total. The fourth-order valence-electron chi connectivity index (χ4n) is 5.15. The van der Waals surface area contributed by atoms with Gasteiger partial charge in [0, 0.05) is 11.6 Å². The van der Waals surface area contributed by atoms with E-state index >= 15 is 0 Å². The molecule has 0 radical (unpaired) electrons. The highest BCUT2D eigenvalue weighted by atomic mass is 15.0. The molecule has 0 fully saturated rings. The molecule has 0 unspecified atom stereocenters. The highest BCUT2D eigenvalue weighted by molar-refractivity contribution is 5.75. The van der Waals surface area contributed by atoms with Gasteiger partial charge in [0.05, 0.1) is 0 Å². The summed E-state index contributed by atoms with van der Waals surface area (Å²) in [4.78, 5) is 0. The number of nitrogens with one attached hydrogen (secondary N) is 1. The first-order chi connectivity index (χ1) is 13.4. The maximum absolute atomic E-state index is 3.95. The van der Waals surface area contributed by atoms with Gasteiger partial charge in [-0.1, -0.05) is 91.0 Å². The van der Waals surface area contributed by atoms with Gasteiger partial charge in [-0.2, -0.15) is 0 Å². The summed E-state index contributed by atoms with van der Waals surface area (Å²) in [6, 6.07) is 37.4. The highest BCUT2D eigenvalue weighted by Gasteiger charge is 2.51. The van der Waals surface area contributed by atoms with Crippen molar-refractivity contribution >= 4 is 5.69 Å². The van der Waals surface area contributed by atoms with E-state index in [2.05, 4.69) is 108 Å². The summed E-state index contributed by atoms with van der Waals surface area (Å²) in [5.41, 5.74) is 9.14. The van der Waals surface area contributed by atoms with Gasteiger partial charge in [0.25, 0.3) is 0 Å². The van der Waals surface area contributed by atoms with E-state index < -0.39 is 0 Å². The zero-order valence-electron chi connectivity index (χ0n) is 14.9. The first kappa shape index (κ1) is 14.8. The summed E-state index contributed by atoms with van der Waals surface area (Å²) in [6.07, 6.45) is 0. The molecule has 3 aliphatic rings. The summed E-state index contributed by atoms with van der Waals surface area (Å²) in [7, 11) is 0. The Morgan fingerprint density at radius 3 is 1.37 bits per heavy atom. The second-order valence-corrected chi connectivity index (χ2v) is 7.44. The molecule has 0 heterocycles. The lowest BCUT2D eigenvalue weighted by Gasteiger charge is -2.51. The van der Waals surface area contributed by atoms with Gasteiger partial charge in [-0.05, 0) is 45.5 Å². The van der Waals surface area contributed by atoms with Crippen LogP contribution in [0.2, 0.25) is 0 Å². The Bertz CT molecular complexity index is 1040. The fraction of sp³-hybridized carbons (Fsp3) is 0.0769. The molecular formula is C26H19N. The maximum Gasteiger partial charge on any atom is 0.115 e. The number of hydrogen-bond acceptors (Lipinski definition) is 1. The standard InChI is InChI=1S/C26H19N/c1-2-10-18(11-3-1)27-26-22-15-7-4-12-19(22)25(20-13-5-8-16-23(20)26)21-14-6-9-17-24(21)26/h1-17,25,27H. The van der Waals surface area contributed by atoms with Crippen LogP contribution in [0.3, 0.4) is 0 Å². The van der Waals surface area contributed by atoms with Crippen molar-refractivity contribution < 1.29 is 0 Å². The first-order valence-corrected chi connectivity index (χ1v) is 9.51. The lowest BCUT2D eigenvalue weighted by molar-refractivity contribution is 0.607. The predicted molar refractivity (Wildman–Crippen MR) is 110 cm³/mol. The molecule has 1 nitrogen and oxygen atoms in total. The number of anilines is 1. The Balaban J connectivity index is 1.75. The molecule has 0 aliphatic heterocycles. The molecule has 0 aromatic heterocycles. The molecule has 128 valence electrons. The van der Waals surface area contributed by atoms with Crippen LogP contribution in [0, 0.1) is 0 Å². The number of rotatable bonds is 2. The van der Waals surface area contributed by atoms with Crippen LogP contribution < -0.4 is 5.32 Å². The van der Waals surface area contributed by atoms with Crippen molar-refractivity contribution in [3.8, 4) is 0 Å². The number of benzene rings is 4. The summed E-state index contributed by atoms with van der Waals surface area (Å²) < 4.78 is 0. The van der Waals surface area contributed by atoms with E-state index in [0.717, 1.165) is 5.69 Å². The zero-order chi connectivity index (χ0) is 17.8. The third-order valence-electron chi connectivity index (χ3n) is 6.13. The van der Waals surface area contributed by atoms with E-state index in [1.807, 2.05) is 0 Å². The van der Waals surface area contributed by atoms with Crippen LogP contribution in [0.5, 0.6) is 0 Å². The van der Waals surface area contributed by atoms with E-state index in [0.29, 0.717) is 5.92 Å². The SMILES string of the molecule is c1ccc(NC23c4ccccc4C(c4ccccc42)c2ccccc23)cc1. The normalized spacial score (nSPS) is 21.1. The van der Waals surface area contributed by atoms with Crippen LogP contribution >= 0.6 is 0 Å². The van der Waals surface area contributed by atoms with E-state index in [9.17, 15) is 0 Å². The Morgan fingerprint density at radius 2 is 0.889 bits per heavy atom. The van der Waals surface area contributed by atoms with Gasteiger partial charge >= 0.3 is 0 Å². The van der Waals surface area contributed by atoms with Crippen LogP contribution in [-0.4, -0.2) is 0 Å². The van der Waals surface area contributed by atoms with Gasteiger partial charge in [-0.3, -0.25) is 0 Å². The monoisotopic (exact) mass is 345 g/mol. The van der Waals surface area contributed by atoms with Gasteiger partial charge in [0.15, 0.2) is 0 Å². The minimum absolute atomic E-state index is 0.313. The van der Waals surface area contributed by atoms with Crippen molar-refractivity contribution in [1.82, 2.24) is 0 Å². The van der Waals surface area contributed by atoms with Crippen molar-refractivity contribution in [3.05, 3.63) is 137 Å². The van der Waals surface area contributed by atoms with Gasteiger partial charge < -0.3 is 5.32 Å². The lowest BCUT2D eigenvalue weighted by atomic mass is 9.57. The Kier molecular flexibility index (Phi) is 2.93. The fourth-order valence-corrected chi connectivity index (χ4v) is 5.15. The first-order valence-electron chi connectivity index (χ1n) is 9.51. The molecule has 2 bridgehead atoms. The Labute approximate surface area is 159 Å². The molecule has 0 atom stereocenters. The topological polar surface area (TPSA) is 12.0 Å². The Hall–Kier alpha value is -3.32. The maximum atomic E-state index is 3.95.